The van der Waals surface area contributed by atoms with E-state index in [1.165, 1.54) is 12.1 Å². The van der Waals surface area contributed by atoms with Gasteiger partial charge in [0.25, 0.3) is 0 Å². The molecular formula is C13H16F3NO3S. The third-order valence-electron chi connectivity index (χ3n) is 3.31. The first-order valence-corrected chi connectivity index (χ1v) is 8.34. The van der Waals surface area contributed by atoms with Crippen LogP contribution in [0.25, 0.3) is 0 Å². The second kappa shape index (κ2) is 6.23. The van der Waals surface area contributed by atoms with E-state index >= 15 is 0 Å². The standard InChI is InChI=1S/C13H16F3NO3S/c14-13(15,16)20-12-3-1-10(2-4-12)9-17-11-5-7-21(18,19)8-6-11/h1-4,11,17H,5-9H2. The molecule has 1 aromatic rings. The molecule has 0 saturated carbocycles. The van der Waals surface area contributed by atoms with Crippen molar-refractivity contribution >= 4 is 9.84 Å². The average Bonchev–Trinajstić information content (AvgIpc) is 2.37. The van der Waals surface area contributed by atoms with Crippen molar-refractivity contribution < 1.29 is 26.3 Å². The van der Waals surface area contributed by atoms with Crippen molar-refractivity contribution in [3.63, 3.8) is 0 Å². The molecule has 1 aromatic carbocycles. The van der Waals surface area contributed by atoms with Crippen molar-refractivity contribution in [3.8, 4) is 5.75 Å². The highest BCUT2D eigenvalue weighted by molar-refractivity contribution is 7.91. The zero-order valence-electron chi connectivity index (χ0n) is 11.2. The lowest BCUT2D eigenvalue weighted by atomic mass is 10.1. The van der Waals surface area contributed by atoms with E-state index in [1.54, 1.807) is 12.1 Å². The zero-order valence-corrected chi connectivity index (χ0v) is 12.0. The Hall–Kier alpha value is -1.28. The summed E-state index contributed by atoms with van der Waals surface area (Å²) in [7, 11) is -2.88. The molecule has 2 rings (SSSR count). The fraction of sp³-hybridized carbons (Fsp3) is 0.538. The van der Waals surface area contributed by atoms with Crippen LogP contribution in [0.15, 0.2) is 24.3 Å². The number of halogens is 3. The molecule has 0 bridgehead atoms. The van der Waals surface area contributed by atoms with Crippen LogP contribution in [0.4, 0.5) is 13.2 Å². The van der Waals surface area contributed by atoms with Crippen molar-refractivity contribution in [1.82, 2.24) is 5.32 Å². The van der Waals surface area contributed by atoms with Crippen LogP contribution in [0.1, 0.15) is 18.4 Å². The molecule has 118 valence electrons. The van der Waals surface area contributed by atoms with Gasteiger partial charge in [-0.1, -0.05) is 12.1 Å². The molecule has 1 fully saturated rings. The maximum atomic E-state index is 12.0. The van der Waals surface area contributed by atoms with Crippen molar-refractivity contribution in [2.45, 2.75) is 31.8 Å². The van der Waals surface area contributed by atoms with Crippen LogP contribution < -0.4 is 10.1 Å². The molecule has 1 saturated heterocycles. The van der Waals surface area contributed by atoms with Crippen LogP contribution in [-0.2, 0) is 16.4 Å². The van der Waals surface area contributed by atoms with Crippen LogP contribution in [0.3, 0.4) is 0 Å². The second-order valence-corrected chi connectivity index (χ2v) is 7.30. The minimum atomic E-state index is -4.69. The van der Waals surface area contributed by atoms with Gasteiger partial charge in [0, 0.05) is 12.6 Å². The number of nitrogens with one attached hydrogen (secondary N) is 1. The Morgan fingerprint density at radius 1 is 1.14 bits per heavy atom. The van der Waals surface area contributed by atoms with E-state index in [0.29, 0.717) is 19.4 Å². The quantitative estimate of drug-likeness (QED) is 0.923. The summed E-state index contributed by atoms with van der Waals surface area (Å²) in [5.41, 5.74) is 0.818. The Balaban J connectivity index is 1.81. The van der Waals surface area contributed by atoms with Gasteiger partial charge in [-0.15, -0.1) is 13.2 Å². The fourth-order valence-electron chi connectivity index (χ4n) is 2.17. The molecule has 1 heterocycles. The van der Waals surface area contributed by atoms with E-state index in [2.05, 4.69) is 10.1 Å². The van der Waals surface area contributed by atoms with Gasteiger partial charge in [0.1, 0.15) is 15.6 Å². The summed E-state index contributed by atoms with van der Waals surface area (Å²) >= 11 is 0. The Labute approximate surface area is 121 Å². The normalized spacial score (nSPS) is 19.4. The minimum Gasteiger partial charge on any atom is -0.406 e. The molecule has 0 spiro atoms. The third kappa shape index (κ3) is 5.55. The van der Waals surface area contributed by atoms with Gasteiger partial charge >= 0.3 is 6.36 Å². The molecule has 0 aliphatic carbocycles. The van der Waals surface area contributed by atoms with E-state index in [1.807, 2.05) is 0 Å². The van der Waals surface area contributed by atoms with E-state index in [-0.39, 0.29) is 23.3 Å². The molecule has 1 aliphatic heterocycles. The van der Waals surface area contributed by atoms with Crippen molar-refractivity contribution in [1.29, 1.82) is 0 Å². The summed E-state index contributed by atoms with van der Waals surface area (Å²) in [4.78, 5) is 0. The second-order valence-electron chi connectivity index (χ2n) is 5.00. The lowest BCUT2D eigenvalue weighted by Gasteiger charge is -2.23. The topological polar surface area (TPSA) is 55.4 Å². The van der Waals surface area contributed by atoms with Gasteiger partial charge in [-0.25, -0.2) is 8.42 Å². The lowest BCUT2D eigenvalue weighted by Crippen LogP contribution is -2.37. The molecular weight excluding hydrogens is 307 g/mol. The summed E-state index contributed by atoms with van der Waals surface area (Å²) in [5, 5.41) is 3.22. The van der Waals surface area contributed by atoms with Crippen LogP contribution >= 0.6 is 0 Å². The Morgan fingerprint density at radius 2 is 1.71 bits per heavy atom. The molecule has 1 aliphatic rings. The van der Waals surface area contributed by atoms with Crippen LogP contribution in [0.2, 0.25) is 0 Å². The molecule has 0 amide bonds. The average molecular weight is 323 g/mol. The molecule has 8 heteroatoms. The highest BCUT2D eigenvalue weighted by Gasteiger charge is 2.31. The third-order valence-corrected chi connectivity index (χ3v) is 5.02. The highest BCUT2D eigenvalue weighted by Crippen LogP contribution is 2.22. The molecule has 1 N–H and O–H groups in total. The Morgan fingerprint density at radius 3 is 2.24 bits per heavy atom. The van der Waals surface area contributed by atoms with Gasteiger partial charge in [-0.2, -0.15) is 0 Å². The van der Waals surface area contributed by atoms with Crippen LogP contribution in [0.5, 0.6) is 5.75 Å². The molecule has 4 nitrogen and oxygen atoms in total. The monoisotopic (exact) mass is 323 g/mol. The summed E-state index contributed by atoms with van der Waals surface area (Å²) in [6.45, 7) is 0.483. The zero-order chi connectivity index (χ0) is 15.5. The number of hydrogen-bond acceptors (Lipinski definition) is 4. The van der Waals surface area contributed by atoms with Crippen molar-refractivity contribution in [2.75, 3.05) is 11.5 Å². The summed E-state index contributed by atoms with van der Waals surface area (Å²) < 4.78 is 62.4. The molecule has 0 radical (unpaired) electrons. The molecule has 0 unspecified atom stereocenters. The van der Waals surface area contributed by atoms with Crippen LogP contribution in [0, 0.1) is 0 Å². The predicted molar refractivity (Wildman–Crippen MR) is 71.6 cm³/mol. The Bertz CT molecular complexity index is 555. The predicted octanol–water partition coefficient (Wildman–Crippen LogP) is 2.25. The first-order chi connectivity index (χ1) is 9.73. The van der Waals surface area contributed by atoms with E-state index in [0.717, 1.165) is 5.56 Å². The van der Waals surface area contributed by atoms with Gasteiger partial charge in [0.2, 0.25) is 0 Å². The van der Waals surface area contributed by atoms with Crippen molar-refractivity contribution in [2.24, 2.45) is 0 Å². The lowest BCUT2D eigenvalue weighted by molar-refractivity contribution is -0.274. The molecule has 21 heavy (non-hydrogen) atoms. The number of benzene rings is 1. The fourth-order valence-corrected chi connectivity index (χ4v) is 3.66. The van der Waals surface area contributed by atoms with Gasteiger partial charge in [-0.05, 0) is 30.5 Å². The maximum Gasteiger partial charge on any atom is 0.573 e. The molecule has 0 aromatic heterocycles. The van der Waals surface area contributed by atoms with E-state index in [9.17, 15) is 21.6 Å². The summed E-state index contributed by atoms with van der Waals surface area (Å²) in [6.07, 6.45) is -3.55. The number of alkyl halides is 3. The number of hydrogen-bond donors (Lipinski definition) is 1. The number of ether oxygens (including phenoxy) is 1. The first-order valence-electron chi connectivity index (χ1n) is 6.52. The summed E-state index contributed by atoms with van der Waals surface area (Å²) in [6, 6.07) is 5.74. The maximum absolute atomic E-state index is 12.0. The Kier molecular flexibility index (Phi) is 4.77. The van der Waals surface area contributed by atoms with Gasteiger partial charge in [0.15, 0.2) is 0 Å². The highest BCUT2D eigenvalue weighted by atomic mass is 32.2. The van der Waals surface area contributed by atoms with Gasteiger partial charge in [0.05, 0.1) is 11.5 Å². The smallest absolute Gasteiger partial charge is 0.406 e. The SMILES string of the molecule is O=S1(=O)CCC(NCc2ccc(OC(F)(F)F)cc2)CC1. The number of sulfone groups is 1. The van der Waals surface area contributed by atoms with Gasteiger partial charge in [-0.3, -0.25) is 0 Å². The van der Waals surface area contributed by atoms with Gasteiger partial charge < -0.3 is 10.1 Å². The summed E-state index contributed by atoms with van der Waals surface area (Å²) in [5.74, 6) is 0.112. The minimum absolute atomic E-state index is 0.125. The number of rotatable bonds is 4. The first kappa shape index (κ1) is 16.1. The van der Waals surface area contributed by atoms with Crippen LogP contribution in [-0.4, -0.2) is 32.3 Å². The van der Waals surface area contributed by atoms with E-state index in [4.69, 9.17) is 0 Å². The van der Waals surface area contributed by atoms with Crippen molar-refractivity contribution in [3.05, 3.63) is 29.8 Å². The molecule has 0 atom stereocenters. The largest absolute Gasteiger partial charge is 0.573 e. The van der Waals surface area contributed by atoms with E-state index < -0.39 is 16.2 Å².